The number of nitrogens with one attached hydrogen (secondary N) is 5. The summed E-state index contributed by atoms with van der Waals surface area (Å²) in [6.45, 7) is -0.359. The van der Waals surface area contributed by atoms with Crippen LogP contribution < -0.4 is 26.6 Å². The SMILES string of the molecule is [N-]=[N+]=NCCCCCC(=O)NC(CCC(=O)NC(CCC(=O)NCCCCCCO[C@H]1O[C@H](CO)[C@@H](O)C(O)C1O)C(=O)NCCCCCCO[C@H]1O[C@H](CO)[C@@H](O)C(O)C1O)C(=O)NCCCCCCO[C@H]1O[C@H](CO)[C@@H](O)C(O)C1O. The van der Waals surface area contributed by atoms with Gasteiger partial charge in [0.2, 0.25) is 29.5 Å². The number of carbonyl (C=O) groups excluding carboxylic acids is 5. The Hall–Kier alpha value is -4.06. The summed E-state index contributed by atoms with van der Waals surface area (Å²) in [4.78, 5) is 69.4. The lowest BCUT2D eigenvalue weighted by Gasteiger charge is -2.39. The lowest BCUT2D eigenvalue weighted by atomic mass is 9.99. The van der Waals surface area contributed by atoms with Gasteiger partial charge in [-0.05, 0) is 69.7 Å². The van der Waals surface area contributed by atoms with Crippen molar-refractivity contribution >= 4 is 29.5 Å². The minimum atomic E-state index is -1.57. The van der Waals surface area contributed by atoms with E-state index in [2.05, 4.69) is 36.6 Å². The molecule has 5 amide bonds. The first-order chi connectivity index (χ1) is 39.9. The fourth-order valence-electron chi connectivity index (χ4n) is 9.25. The molecule has 480 valence electrons. The van der Waals surface area contributed by atoms with Crippen LogP contribution in [0.5, 0.6) is 0 Å². The molecule has 0 aromatic heterocycles. The van der Waals surface area contributed by atoms with E-state index in [-0.39, 0.29) is 77.5 Å². The number of azide groups is 1. The molecule has 8 unspecified atom stereocenters. The van der Waals surface area contributed by atoms with E-state index in [0.717, 1.165) is 0 Å². The van der Waals surface area contributed by atoms with E-state index in [0.29, 0.717) is 103 Å². The Labute approximate surface area is 482 Å². The van der Waals surface area contributed by atoms with Crippen molar-refractivity contribution in [2.24, 2.45) is 5.11 Å². The molecule has 0 radical (unpaired) electrons. The molecule has 0 saturated carbocycles. The zero-order valence-electron chi connectivity index (χ0n) is 47.2. The van der Waals surface area contributed by atoms with E-state index in [4.69, 9.17) is 34.0 Å². The number of unbranched alkanes of at least 4 members (excludes halogenated alkanes) is 11. The summed E-state index contributed by atoms with van der Waals surface area (Å²) in [5.74, 6) is -2.57. The summed E-state index contributed by atoms with van der Waals surface area (Å²) in [7, 11) is 0. The third-order valence-electron chi connectivity index (χ3n) is 14.4. The van der Waals surface area contributed by atoms with Crippen molar-refractivity contribution in [3.05, 3.63) is 10.4 Å². The highest BCUT2D eigenvalue weighted by molar-refractivity contribution is 5.90. The van der Waals surface area contributed by atoms with Crippen molar-refractivity contribution in [2.45, 2.75) is 233 Å². The monoisotopic (exact) mass is 1200 g/mol. The average molecular weight is 1200 g/mol. The number of hydrogen-bond donors (Lipinski definition) is 17. The van der Waals surface area contributed by atoms with E-state index >= 15 is 0 Å². The molecular formula is C52H94N8O23. The van der Waals surface area contributed by atoms with Gasteiger partial charge in [0.05, 0.1) is 19.8 Å². The van der Waals surface area contributed by atoms with Gasteiger partial charge in [-0.2, -0.15) is 0 Å². The van der Waals surface area contributed by atoms with Crippen LogP contribution in [0.3, 0.4) is 0 Å². The third-order valence-corrected chi connectivity index (χ3v) is 14.4. The van der Waals surface area contributed by atoms with Crippen molar-refractivity contribution in [1.82, 2.24) is 26.6 Å². The van der Waals surface area contributed by atoms with Crippen LogP contribution in [0.25, 0.3) is 10.4 Å². The van der Waals surface area contributed by atoms with Crippen molar-refractivity contribution in [3.63, 3.8) is 0 Å². The van der Waals surface area contributed by atoms with Gasteiger partial charge in [0, 0.05) is 70.2 Å². The minimum Gasteiger partial charge on any atom is -0.394 e. The number of nitrogens with zero attached hydrogens (tertiary/aromatic N) is 3. The molecule has 0 aromatic rings. The van der Waals surface area contributed by atoms with Crippen LogP contribution in [-0.4, -0.2) is 261 Å². The molecule has 0 bridgehead atoms. The second kappa shape index (κ2) is 41.9. The van der Waals surface area contributed by atoms with Gasteiger partial charge in [0.1, 0.15) is 85.3 Å². The van der Waals surface area contributed by atoms with Crippen LogP contribution in [0.15, 0.2) is 5.11 Å². The Morgan fingerprint density at radius 2 is 0.759 bits per heavy atom. The first-order valence-corrected chi connectivity index (χ1v) is 29.1. The molecule has 3 saturated heterocycles. The predicted octanol–water partition coefficient (Wildman–Crippen LogP) is -4.13. The number of carbonyl (C=O) groups is 5. The van der Waals surface area contributed by atoms with Crippen LogP contribution in [0, 0.1) is 0 Å². The maximum absolute atomic E-state index is 13.6. The molecule has 3 aliphatic heterocycles. The zero-order valence-corrected chi connectivity index (χ0v) is 47.2. The molecule has 83 heavy (non-hydrogen) atoms. The zero-order chi connectivity index (χ0) is 61.1. The van der Waals surface area contributed by atoms with Gasteiger partial charge in [-0.15, -0.1) is 0 Å². The number of aliphatic hydroxyl groups is 12. The molecule has 31 heteroatoms. The topological polar surface area (TPSA) is 492 Å². The van der Waals surface area contributed by atoms with Crippen LogP contribution in [0.2, 0.25) is 0 Å². The van der Waals surface area contributed by atoms with Crippen molar-refractivity contribution in [1.29, 1.82) is 0 Å². The molecule has 31 nitrogen and oxygen atoms in total. The summed E-state index contributed by atoms with van der Waals surface area (Å²) in [6.07, 6.45) is -12.8. The predicted molar refractivity (Wildman–Crippen MR) is 288 cm³/mol. The Morgan fingerprint density at radius 1 is 0.422 bits per heavy atom. The maximum atomic E-state index is 13.6. The normalized spacial score (nSPS) is 28.7. The quantitative estimate of drug-likeness (QED) is 0.0119. The number of amides is 5. The molecule has 3 heterocycles. The Balaban J connectivity index is 1.51. The number of aliphatic hydroxyl groups excluding tert-OH is 12. The first kappa shape index (κ1) is 73.2. The second-order valence-electron chi connectivity index (χ2n) is 21.0. The standard InChI is InChI=1S/C52H94N8O23/c53-60-57-24-12-7-8-16-37(65)58-32(49(77)56-23-11-3-6-15-27-80-52-47(75)44(72)41(69)35(30-63)83-52)18-20-38(66)59-31(48(76)55-22-10-2-5-14-26-79-51-46(74)43(71)40(68)34(29-62)82-51)17-19-36(64)54-21-9-1-4-13-25-78-50-45(73)42(70)39(67)33(28-61)81-50/h31-35,39-47,50-52,61-63,67-75H,1-30H2,(H,54,64)(H,55,76)(H,56,77)(H,58,65)(H,59,66)/t31?,32?,33-,34-,35-,39-,40-,41-,42?,43?,44?,45?,46?,47?,50+,51+,52+/m1/s1. The summed E-state index contributed by atoms with van der Waals surface area (Å²) in [5.41, 5.74) is 8.53. The summed E-state index contributed by atoms with van der Waals surface area (Å²) < 4.78 is 32.6. The fourth-order valence-corrected chi connectivity index (χ4v) is 9.25. The van der Waals surface area contributed by atoms with Gasteiger partial charge in [0.15, 0.2) is 18.9 Å². The van der Waals surface area contributed by atoms with Crippen LogP contribution >= 0.6 is 0 Å². The highest BCUT2D eigenvalue weighted by Crippen LogP contribution is 2.25. The first-order valence-electron chi connectivity index (χ1n) is 29.1. The lowest BCUT2D eigenvalue weighted by molar-refractivity contribution is -0.301. The molecule has 0 aromatic carbocycles. The van der Waals surface area contributed by atoms with E-state index in [1.165, 1.54) is 0 Å². The van der Waals surface area contributed by atoms with E-state index in [1.807, 2.05) is 0 Å². The minimum absolute atomic E-state index is 0.0567. The van der Waals surface area contributed by atoms with Gasteiger partial charge < -0.3 is 116 Å². The highest BCUT2D eigenvalue weighted by atomic mass is 16.7. The molecule has 3 aliphatic rings. The second-order valence-corrected chi connectivity index (χ2v) is 21.0. The van der Waals surface area contributed by atoms with Gasteiger partial charge >= 0.3 is 0 Å². The van der Waals surface area contributed by atoms with Crippen LogP contribution in [0.4, 0.5) is 0 Å². The molecule has 0 spiro atoms. The summed E-state index contributed by atoms with van der Waals surface area (Å²) in [6, 6.07) is -2.31. The Morgan fingerprint density at radius 3 is 1.13 bits per heavy atom. The van der Waals surface area contributed by atoms with Crippen molar-refractivity contribution < 1.29 is 114 Å². The van der Waals surface area contributed by atoms with Crippen molar-refractivity contribution in [2.75, 3.05) is 65.8 Å². The van der Waals surface area contributed by atoms with E-state index in [9.17, 15) is 85.3 Å². The summed E-state index contributed by atoms with van der Waals surface area (Å²) in [5, 5.41) is 136. The van der Waals surface area contributed by atoms with Gasteiger partial charge in [-0.3, -0.25) is 24.0 Å². The average Bonchev–Trinajstić information content (AvgIpc) is 3.68. The number of rotatable bonds is 43. The van der Waals surface area contributed by atoms with Crippen molar-refractivity contribution in [3.8, 4) is 0 Å². The van der Waals surface area contributed by atoms with Crippen LogP contribution in [-0.2, 0) is 52.4 Å². The maximum Gasteiger partial charge on any atom is 0.242 e. The Bertz CT molecular complexity index is 1890. The molecule has 17 N–H and O–H groups in total. The lowest BCUT2D eigenvalue weighted by Crippen LogP contribution is -2.59. The van der Waals surface area contributed by atoms with Gasteiger partial charge in [0.25, 0.3) is 0 Å². The van der Waals surface area contributed by atoms with Gasteiger partial charge in [-0.1, -0.05) is 50.1 Å². The fraction of sp³-hybridized carbons (Fsp3) is 0.904. The summed E-state index contributed by atoms with van der Waals surface area (Å²) >= 11 is 0. The highest BCUT2D eigenvalue weighted by Gasteiger charge is 2.46. The Kier molecular flexibility index (Phi) is 36.9. The van der Waals surface area contributed by atoms with E-state index in [1.54, 1.807) is 0 Å². The molecule has 17 atom stereocenters. The molecule has 3 rings (SSSR count). The number of ether oxygens (including phenoxy) is 6. The molecule has 3 fully saturated rings. The van der Waals surface area contributed by atoms with E-state index < -0.39 is 148 Å². The molecular weight excluding hydrogens is 1100 g/mol. The number of hydrogen-bond acceptors (Lipinski definition) is 24. The third kappa shape index (κ3) is 27.0. The largest absolute Gasteiger partial charge is 0.394 e. The van der Waals surface area contributed by atoms with Gasteiger partial charge in [-0.25, -0.2) is 0 Å². The molecule has 0 aliphatic carbocycles. The van der Waals surface area contributed by atoms with Crippen LogP contribution in [0.1, 0.15) is 128 Å². The smallest absolute Gasteiger partial charge is 0.242 e.